The predicted molar refractivity (Wildman–Crippen MR) is 99.3 cm³/mol. The molecule has 1 N–H and O–H groups in total. The highest BCUT2D eigenvalue weighted by molar-refractivity contribution is 5.81. The van der Waals surface area contributed by atoms with Crippen LogP contribution in [0.15, 0.2) is 18.2 Å². The maximum absolute atomic E-state index is 12.7. The summed E-state index contributed by atoms with van der Waals surface area (Å²) < 4.78 is 43.0. The molecule has 1 aromatic carbocycles. The number of anilines is 1. The number of hydrogen-bond acceptors (Lipinski definition) is 6. The second-order valence-electron chi connectivity index (χ2n) is 6.81. The van der Waals surface area contributed by atoms with E-state index in [0.717, 1.165) is 6.07 Å². The smallest absolute Gasteiger partial charge is 0.416 e. The summed E-state index contributed by atoms with van der Waals surface area (Å²) in [5.74, 6) is -1.07. The molecule has 0 aliphatic carbocycles. The summed E-state index contributed by atoms with van der Waals surface area (Å²) in [6, 6.07) is 1.93. The number of carbonyl (C=O) groups excluding carboxylic acids is 2. The monoisotopic (exact) mass is 419 g/mol. The van der Waals surface area contributed by atoms with E-state index in [9.17, 15) is 32.9 Å². The Bertz CT molecular complexity index is 743. The lowest BCUT2D eigenvalue weighted by Crippen LogP contribution is -2.44. The molecule has 162 valence electrons. The number of esters is 1. The minimum Gasteiger partial charge on any atom is -0.456 e. The largest absolute Gasteiger partial charge is 0.456 e. The van der Waals surface area contributed by atoms with Crippen molar-refractivity contribution in [3.63, 3.8) is 0 Å². The predicted octanol–water partition coefficient (Wildman–Crippen LogP) is 3.60. The summed E-state index contributed by atoms with van der Waals surface area (Å²) in [4.78, 5) is 35.6. The Morgan fingerprint density at radius 2 is 1.79 bits per heavy atom. The number of amides is 1. The number of halogens is 3. The maximum Gasteiger partial charge on any atom is 0.416 e. The van der Waals surface area contributed by atoms with Gasteiger partial charge in [0.15, 0.2) is 6.61 Å². The van der Waals surface area contributed by atoms with Crippen molar-refractivity contribution in [2.75, 3.05) is 18.5 Å². The topological polar surface area (TPSA) is 102 Å². The van der Waals surface area contributed by atoms with E-state index >= 15 is 0 Å². The summed E-state index contributed by atoms with van der Waals surface area (Å²) in [6.45, 7) is 6.79. The standard InChI is InChI=1S/C18H24F3N3O5/c1-11(2)23(12(3)4)16(25)10-29-17(26)7-8-22-14-6-5-13(18(19,20)21)9-15(14)24(27)28/h5-6,9,11-12,22H,7-8,10H2,1-4H3. The number of nitrogens with zero attached hydrogens (tertiary/aromatic N) is 2. The Balaban J connectivity index is 2.62. The summed E-state index contributed by atoms with van der Waals surface area (Å²) in [6.07, 6.45) is -4.94. The number of carbonyl (C=O) groups is 2. The van der Waals surface area contributed by atoms with Crippen molar-refractivity contribution in [3.8, 4) is 0 Å². The maximum atomic E-state index is 12.7. The Kier molecular flexibility index (Phi) is 8.41. The zero-order chi connectivity index (χ0) is 22.4. The average molecular weight is 419 g/mol. The molecule has 1 aromatic rings. The quantitative estimate of drug-likeness (QED) is 0.373. The summed E-state index contributed by atoms with van der Waals surface area (Å²) in [7, 11) is 0. The van der Waals surface area contributed by atoms with Crippen molar-refractivity contribution >= 4 is 23.3 Å². The second-order valence-corrected chi connectivity index (χ2v) is 6.81. The number of hydrogen-bond donors (Lipinski definition) is 1. The Labute approximate surface area is 166 Å². The van der Waals surface area contributed by atoms with Crippen LogP contribution in [0, 0.1) is 10.1 Å². The molecule has 0 unspecified atom stereocenters. The van der Waals surface area contributed by atoms with Crippen molar-refractivity contribution in [3.05, 3.63) is 33.9 Å². The molecule has 0 radical (unpaired) electrons. The zero-order valence-electron chi connectivity index (χ0n) is 16.6. The van der Waals surface area contributed by atoms with E-state index in [-0.39, 0.29) is 36.6 Å². The fourth-order valence-electron chi connectivity index (χ4n) is 2.77. The van der Waals surface area contributed by atoms with E-state index in [1.807, 2.05) is 27.7 Å². The van der Waals surface area contributed by atoms with Crippen LogP contribution in [0.5, 0.6) is 0 Å². The lowest BCUT2D eigenvalue weighted by Gasteiger charge is -2.30. The molecule has 0 saturated carbocycles. The van der Waals surface area contributed by atoms with E-state index in [1.165, 1.54) is 0 Å². The number of nitro groups is 1. The first-order chi connectivity index (χ1) is 13.3. The molecule has 0 aromatic heterocycles. The molecule has 1 rings (SSSR count). The SMILES string of the molecule is CC(C)N(C(=O)COC(=O)CCNc1ccc(C(F)(F)F)cc1[N+](=O)[O-])C(C)C. The highest BCUT2D eigenvalue weighted by atomic mass is 19.4. The van der Waals surface area contributed by atoms with Crippen molar-refractivity contribution in [1.82, 2.24) is 4.90 Å². The fraction of sp³-hybridized carbons (Fsp3) is 0.556. The van der Waals surface area contributed by atoms with Crippen LogP contribution in [0.4, 0.5) is 24.5 Å². The van der Waals surface area contributed by atoms with E-state index in [1.54, 1.807) is 4.90 Å². The molecule has 29 heavy (non-hydrogen) atoms. The second kappa shape index (κ2) is 10.1. The van der Waals surface area contributed by atoms with Gasteiger partial charge in [0.1, 0.15) is 5.69 Å². The summed E-state index contributed by atoms with van der Waals surface area (Å²) in [5, 5.41) is 13.6. The average Bonchev–Trinajstić information content (AvgIpc) is 2.58. The van der Waals surface area contributed by atoms with Gasteiger partial charge in [-0.15, -0.1) is 0 Å². The molecular formula is C18H24F3N3O5. The Hall–Kier alpha value is -2.85. The van der Waals surface area contributed by atoms with Crippen molar-refractivity contribution in [2.24, 2.45) is 0 Å². The third-order valence-electron chi connectivity index (χ3n) is 3.92. The molecule has 0 heterocycles. The molecule has 0 spiro atoms. The van der Waals surface area contributed by atoms with Gasteiger partial charge in [-0.2, -0.15) is 13.2 Å². The molecule has 0 fully saturated rings. The van der Waals surface area contributed by atoms with Crippen LogP contribution >= 0.6 is 0 Å². The molecule has 0 atom stereocenters. The number of rotatable bonds is 9. The van der Waals surface area contributed by atoms with Crippen molar-refractivity contribution in [2.45, 2.75) is 52.4 Å². The normalized spacial score (nSPS) is 11.5. The number of benzene rings is 1. The van der Waals surface area contributed by atoms with Crippen molar-refractivity contribution in [1.29, 1.82) is 0 Å². The van der Waals surface area contributed by atoms with Gasteiger partial charge in [0.05, 0.1) is 16.9 Å². The molecule has 0 aliphatic heterocycles. The Morgan fingerprint density at radius 1 is 1.21 bits per heavy atom. The number of alkyl halides is 3. The van der Waals surface area contributed by atoms with Crippen molar-refractivity contribution < 1.29 is 32.4 Å². The van der Waals surface area contributed by atoms with Gasteiger partial charge in [0, 0.05) is 24.7 Å². The minimum atomic E-state index is -4.71. The minimum absolute atomic E-state index is 0.0666. The molecule has 11 heteroatoms. The van der Waals surface area contributed by atoms with E-state index in [0.29, 0.717) is 12.1 Å². The molecule has 0 saturated heterocycles. The van der Waals surface area contributed by atoms with Gasteiger partial charge >= 0.3 is 12.1 Å². The number of ether oxygens (including phenoxy) is 1. The van der Waals surface area contributed by atoms with Gasteiger partial charge in [-0.25, -0.2) is 0 Å². The van der Waals surface area contributed by atoms with Crippen LogP contribution in [-0.2, 0) is 20.5 Å². The fourth-order valence-corrected chi connectivity index (χ4v) is 2.77. The number of nitrogens with one attached hydrogen (secondary N) is 1. The molecule has 1 amide bonds. The Morgan fingerprint density at radius 3 is 2.28 bits per heavy atom. The highest BCUT2D eigenvalue weighted by Gasteiger charge is 2.33. The van der Waals surface area contributed by atoms with Gasteiger partial charge in [-0.05, 0) is 39.8 Å². The third-order valence-corrected chi connectivity index (χ3v) is 3.92. The molecular weight excluding hydrogens is 395 g/mol. The summed E-state index contributed by atoms with van der Waals surface area (Å²) >= 11 is 0. The van der Waals surface area contributed by atoms with Crippen LogP contribution in [0.25, 0.3) is 0 Å². The van der Waals surface area contributed by atoms with Crippen LogP contribution in [0.3, 0.4) is 0 Å². The van der Waals surface area contributed by atoms with Crippen LogP contribution in [0.1, 0.15) is 39.7 Å². The van der Waals surface area contributed by atoms with Crippen LogP contribution in [-0.4, -0.2) is 46.9 Å². The molecule has 0 bridgehead atoms. The first kappa shape index (κ1) is 24.2. The van der Waals surface area contributed by atoms with Gasteiger partial charge in [0.25, 0.3) is 11.6 Å². The van der Waals surface area contributed by atoms with E-state index in [4.69, 9.17) is 4.74 Å². The van der Waals surface area contributed by atoms with E-state index < -0.39 is 34.9 Å². The lowest BCUT2D eigenvalue weighted by molar-refractivity contribution is -0.384. The van der Waals surface area contributed by atoms with Gasteiger partial charge < -0.3 is 15.0 Å². The highest BCUT2D eigenvalue weighted by Crippen LogP contribution is 2.34. The first-order valence-electron chi connectivity index (χ1n) is 8.90. The van der Waals surface area contributed by atoms with E-state index in [2.05, 4.69) is 5.32 Å². The summed E-state index contributed by atoms with van der Waals surface area (Å²) in [5.41, 5.74) is -2.06. The lowest BCUT2D eigenvalue weighted by atomic mass is 10.1. The van der Waals surface area contributed by atoms with Crippen LogP contribution in [0.2, 0.25) is 0 Å². The van der Waals surface area contributed by atoms with Gasteiger partial charge in [-0.3, -0.25) is 19.7 Å². The zero-order valence-corrected chi connectivity index (χ0v) is 16.6. The van der Waals surface area contributed by atoms with Crippen LogP contribution < -0.4 is 5.32 Å². The molecule has 8 nitrogen and oxygen atoms in total. The van der Waals surface area contributed by atoms with Gasteiger partial charge in [0.2, 0.25) is 0 Å². The third kappa shape index (κ3) is 7.24. The number of nitro benzene ring substituents is 1. The molecule has 0 aliphatic rings. The first-order valence-corrected chi connectivity index (χ1v) is 8.90. The van der Waals surface area contributed by atoms with Gasteiger partial charge in [-0.1, -0.05) is 0 Å².